The minimum atomic E-state index is -0.0546. The highest BCUT2D eigenvalue weighted by Gasteiger charge is 2.13. The third-order valence-electron chi connectivity index (χ3n) is 4.90. The zero-order chi connectivity index (χ0) is 19.6. The van der Waals surface area contributed by atoms with Gasteiger partial charge in [-0.3, -0.25) is 9.48 Å². The summed E-state index contributed by atoms with van der Waals surface area (Å²) in [5.41, 5.74) is 7.49. The number of carbonyl (C=O) groups excluding carboxylic acids is 1. The molecule has 0 saturated carbocycles. The lowest BCUT2D eigenvalue weighted by molar-refractivity contribution is 0.0940. The first kappa shape index (κ1) is 18.9. The molecule has 0 bridgehead atoms. The van der Waals surface area contributed by atoms with Crippen molar-refractivity contribution < 1.29 is 4.79 Å². The number of hydrogen-bond donors (Lipinski definition) is 1. The zero-order valence-corrected chi connectivity index (χ0v) is 16.7. The average molecular weight is 361 g/mol. The summed E-state index contributed by atoms with van der Waals surface area (Å²) in [4.78, 5) is 12.6. The van der Waals surface area contributed by atoms with Crippen molar-refractivity contribution in [3.05, 3.63) is 87.7 Å². The van der Waals surface area contributed by atoms with Crippen LogP contribution in [0.2, 0.25) is 0 Å². The molecular weight excluding hydrogens is 334 g/mol. The number of benzene rings is 2. The number of rotatable bonds is 5. The van der Waals surface area contributed by atoms with E-state index in [-0.39, 0.29) is 11.9 Å². The molecule has 27 heavy (non-hydrogen) atoms. The molecule has 2 aromatic carbocycles. The van der Waals surface area contributed by atoms with Crippen molar-refractivity contribution in [2.24, 2.45) is 0 Å². The maximum absolute atomic E-state index is 12.6. The summed E-state index contributed by atoms with van der Waals surface area (Å²) in [6.45, 7) is 10.9. The van der Waals surface area contributed by atoms with E-state index in [1.165, 1.54) is 11.1 Å². The van der Waals surface area contributed by atoms with Crippen molar-refractivity contribution in [2.75, 3.05) is 0 Å². The first-order chi connectivity index (χ1) is 12.8. The van der Waals surface area contributed by atoms with Crippen LogP contribution in [0.5, 0.6) is 0 Å². The van der Waals surface area contributed by atoms with Crippen molar-refractivity contribution in [3.63, 3.8) is 0 Å². The van der Waals surface area contributed by atoms with Crippen molar-refractivity contribution >= 4 is 5.91 Å². The highest BCUT2D eigenvalue weighted by Crippen LogP contribution is 2.19. The molecule has 0 spiro atoms. The number of hydrogen-bond acceptors (Lipinski definition) is 2. The quantitative estimate of drug-likeness (QED) is 0.719. The van der Waals surface area contributed by atoms with Gasteiger partial charge < -0.3 is 5.32 Å². The van der Waals surface area contributed by atoms with E-state index in [0.29, 0.717) is 12.1 Å². The summed E-state index contributed by atoms with van der Waals surface area (Å²) in [7, 11) is 0. The predicted molar refractivity (Wildman–Crippen MR) is 109 cm³/mol. The van der Waals surface area contributed by atoms with E-state index in [9.17, 15) is 4.79 Å². The molecule has 3 aromatic rings. The second-order valence-electron chi connectivity index (χ2n) is 7.34. The SMILES string of the molecule is Cc1ccc(C)c([C@@H](C)NC(=O)c2ccc(Cn3nc(C)cc3C)cc2)c1. The number of nitrogens with one attached hydrogen (secondary N) is 1. The first-order valence-electron chi connectivity index (χ1n) is 9.31. The Morgan fingerprint density at radius 3 is 2.37 bits per heavy atom. The maximum Gasteiger partial charge on any atom is 0.251 e. The van der Waals surface area contributed by atoms with Gasteiger partial charge in [0.05, 0.1) is 18.3 Å². The molecule has 0 aliphatic heterocycles. The third kappa shape index (κ3) is 4.45. The Bertz CT molecular complexity index is 954. The zero-order valence-electron chi connectivity index (χ0n) is 16.7. The van der Waals surface area contributed by atoms with Gasteiger partial charge in [0.2, 0.25) is 0 Å². The summed E-state index contributed by atoms with van der Waals surface area (Å²) < 4.78 is 1.98. The molecule has 1 N–H and O–H groups in total. The van der Waals surface area contributed by atoms with E-state index in [1.54, 1.807) is 0 Å². The van der Waals surface area contributed by atoms with Gasteiger partial charge in [0.25, 0.3) is 5.91 Å². The standard InChI is InChI=1S/C23H27N3O/c1-15-6-7-16(2)22(12-15)19(5)24-23(27)21-10-8-20(9-11-21)14-26-18(4)13-17(3)25-26/h6-13,19H,14H2,1-5H3,(H,24,27)/t19-/m1/s1. The van der Waals surface area contributed by atoms with Crippen LogP contribution in [0.15, 0.2) is 48.5 Å². The number of aryl methyl sites for hydroxylation is 4. The van der Waals surface area contributed by atoms with Gasteiger partial charge in [-0.2, -0.15) is 5.10 Å². The van der Waals surface area contributed by atoms with Gasteiger partial charge in [-0.05, 0) is 69.5 Å². The second kappa shape index (κ2) is 7.78. The Kier molecular flexibility index (Phi) is 5.45. The van der Waals surface area contributed by atoms with Gasteiger partial charge in [0, 0.05) is 11.3 Å². The minimum Gasteiger partial charge on any atom is -0.346 e. The molecule has 0 saturated heterocycles. The van der Waals surface area contributed by atoms with Crippen LogP contribution in [0.25, 0.3) is 0 Å². The Hall–Kier alpha value is -2.88. The summed E-state index contributed by atoms with van der Waals surface area (Å²) in [5, 5.41) is 7.59. The highest BCUT2D eigenvalue weighted by molar-refractivity contribution is 5.94. The molecule has 1 atom stereocenters. The summed E-state index contributed by atoms with van der Waals surface area (Å²) >= 11 is 0. The molecule has 4 heteroatoms. The molecule has 3 rings (SSSR count). The van der Waals surface area contributed by atoms with Gasteiger partial charge in [-0.1, -0.05) is 35.9 Å². The van der Waals surface area contributed by atoms with Crippen LogP contribution in [0.3, 0.4) is 0 Å². The number of carbonyl (C=O) groups is 1. The molecular formula is C23H27N3O. The van der Waals surface area contributed by atoms with Gasteiger partial charge in [0.1, 0.15) is 0 Å². The van der Waals surface area contributed by atoms with Crippen LogP contribution in [0.1, 0.15) is 57.0 Å². The lowest BCUT2D eigenvalue weighted by atomic mass is 9.99. The number of aromatic nitrogens is 2. The van der Waals surface area contributed by atoms with Gasteiger partial charge in [-0.15, -0.1) is 0 Å². The third-order valence-corrected chi connectivity index (χ3v) is 4.90. The lowest BCUT2D eigenvalue weighted by Crippen LogP contribution is -2.27. The van der Waals surface area contributed by atoms with Crippen LogP contribution in [-0.2, 0) is 6.54 Å². The summed E-state index contributed by atoms with van der Waals surface area (Å²) in [5.74, 6) is -0.0546. The molecule has 1 heterocycles. The van der Waals surface area contributed by atoms with Gasteiger partial charge in [-0.25, -0.2) is 0 Å². The molecule has 0 aliphatic carbocycles. The van der Waals surface area contributed by atoms with Crippen LogP contribution in [0, 0.1) is 27.7 Å². The second-order valence-corrected chi connectivity index (χ2v) is 7.34. The topological polar surface area (TPSA) is 46.9 Å². The summed E-state index contributed by atoms with van der Waals surface area (Å²) in [6.07, 6.45) is 0. The molecule has 0 radical (unpaired) electrons. The number of nitrogens with zero attached hydrogens (tertiary/aromatic N) is 2. The predicted octanol–water partition coefficient (Wildman–Crippen LogP) is 4.66. The van der Waals surface area contributed by atoms with Gasteiger partial charge in [0.15, 0.2) is 0 Å². The summed E-state index contributed by atoms with van der Waals surface area (Å²) in [6, 6.07) is 16.1. The molecule has 1 aromatic heterocycles. The molecule has 0 aliphatic rings. The van der Waals surface area contributed by atoms with Crippen molar-refractivity contribution in [2.45, 2.75) is 47.2 Å². The monoisotopic (exact) mass is 361 g/mol. The van der Waals surface area contributed by atoms with E-state index in [1.807, 2.05) is 42.8 Å². The number of amides is 1. The molecule has 0 unspecified atom stereocenters. The van der Waals surface area contributed by atoms with Crippen LogP contribution >= 0.6 is 0 Å². The Morgan fingerprint density at radius 2 is 1.74 bits per heavy atom. The van der Waals surface area contributed by atoms with Crippen LogP contribution in [-0.4, -0.2) is 15.7 Å². The van der Waals surface area contributed by atoms with Crippen LogP contribution in [0.4, 0.5) is 0 Å². The Labute approximate surface area is 161 Å². The Morgan fingerprint density at radius 1 is 1.04 bits per heavy atom. The minimum absolute atomic E-state index is 0.0354. The molecule has 1 amide bonds. The fourth-order valence-corrected chi connectivity index (χ4v) is 3.35. The molecule has 0 fully saturated rings. The van der Waals surface area contributed by atoms with Crippen molar-refractivity contribution in [1.82, 2.24) is 15.1 Å². The fourth-order valence-electron chi connectivity index (χ4n) is 3.35. The van der Waals surface area contributed by atoms with E-state index in [0.717, 1.165) is 22.5 Å². The van der Waals surface area contributed by atoms with E-state index in [4.69, 9.17) is 0 Å². The first-order valence-corrected chi connectivity index (χ1v) is 9.31. The van der Waals surface area contributed by atoms with Crippen molar-refractivity contribution in [3.8, 4) is 0 Å². The normalized spacial score (nSPS) is 12.0. The lowest BCUT2D eigenvalue weighted by Gasteiger charge is -2.17. The highest BCUT2D eigenvalue weighted by atomic mass is 16.1. The fraction of sp³-hybridized carbons (Fsp3) is 0.304. The Balaban J connectivity index is 1.68. The van der Waals surface area contributed by atoms with E-state index >= 15 is 0 Å². The molecule has 4 nitrogen and oxygen atoms in total. The molecule has 140 valence electrons. The smallest absolute Gasteiger partial charge is 0.251 e. The van der Waals surface area contributed by atoms with Gasteiger partial charge >= 0.3 is 0 Å². The van der Waals surface area contributed by atoms with E-state index < -0.39 is 0 Å². The average Bonchev–Trinajstić information content (AvgIpc) is 2.94. The maximum atomic E-state index is 12.6. The largest absolute Gasteiger partial charge is 0.346 e. The van der Waals surface area contributed by atoms with Crippen LogP contribution < -0.4 is 5.32 Å². The van der Waals surface area contributed by atoms with E-state index in [2.05, 4.69) is 55.5 Å². The van der Waals surface area contributed by atoms with Crippen molar-refractivity contribution in [1.29, 1.82) is 0 Å².